The molecule has 1 amide bonds. The molecule has 1 aliphatic heterocycles. The summed E-state index contributed by atoms with van der Waals surface area (Å²) in [5, 5.41) is 2.69. The van der Waals surface area contributed by atoms with Crippen molar-refractivity contribution >= 4 is 12.1 Å². The van der Waals surface area contributed by atoms with Crippen molar-refractivity contribution in [2.45, 2.75) is 91.1 Å². The molecule has 0 unspecified atom stereocenters. The Morgan fingerprint density at radius 1 is 1.19 bits per heavy atom. The molecule has 1 saturated heterocycles. The van der Waals surface area contributed by atoms with Gasteiger partial charge in [0.15, 0.2) is 0 Å². The van der Waals surface area contributed by atoms with E-state index in [2.05, 4.69) is 31.3 Å². The fraction of sp³-hybridized carbons (Fsp3) is 0.680. The summed E-state index contributed by atoms with van der Waals surface area (Å²) in [4.78, 5) is 25.1. The molecule has 1 aromatic rings. The van der Waals surface area contributed by atoms with Gasteiger partial charge < -0.3 is 19.5 Å². The van der Waals surface area contributed by atoms with Crippen molar-refractivity contribution < 1.29 is 23.8 Å². The molecule has 6 heteroatoms. The van der Waals surface area contributed by atoms with Crippen molar-refractivity contribution in [1.82, 2.24) is 5.32 Å². The molecule has 0 aromatic heterocycles. The van der Waals surface area contributed by atoms with Gasteiger partial charge in [0, 0.05) is 6.61 Å². The molecule has 1 N–H and O–H groups in total. The Bertz CT molecular complexity index is 698. The Morgan fingerprint density at radius 3 is 2.48 bits per heavy atom. The average Bonchev–Trinajstić information content (AvgIpc) is 2.70. The van der Waals surface area contributed by atoms with Crippen LogP contribution in [0.2, 0.25) is 0 Å². The molecule has 0 bridgehead atoms. The molecule has 0 spiro atoms. The van der Waals surface area contributed by atoms with Gasteiger partial charge in [-0.25, -0.2) is 9.59 Å². The maximum atomic E-state index is 12.8. The van der Waals surface area contributed by atoms with Crippen LogP contribution in [0, 0.1) is 11.8 Å². The number of carbonyl (C=O) groups is 2. The number of hydrogen-bond acceptors (Lipinski definition) is 5. The number of hydrogen-bond donors (Lipinski definition) is 1. The molecule has 31 heavy (non-hydrogen) atoms. The van der Waals surface area contributed by atoms with Gasteiger partial charge in [0.05, 0.1) is 6.10 Å². The van der Waals surface area contributed by atoms with Crippen LogP contribution in [0.25, 0.3) is 0 Å². The Hall–Kier alpha value is -2.08. The van der Waals surface area contributed by atoms with E-state index >= 15 is 0 Å². The van der Waals surface area contributed by atoms with Crippen molar-refractivity contribution in [2.75, 3.05) is 6.61 Å². The summed E-state index contributed by atoms with van der Waals surface area (Å²) in [5.74, 6) is 0.163. The van der Waals surface area contributed by atoms with Gasteiger partial charge in [-0.1, -0.05) is 50.6 Å². The van der Waals surface area contributed by atoms with E-state index in [9.17, 15) is 9.59 Å². The van der Waals surface area contributed by atoms with E-state index in [1.165, 1.54) is 5.56 Å². The molecule has 174 valence electrons. The summed E-state index contributed by atoms with van der Waals surface area (Å²) >= 11 is 0. The summed E-state index contributed by atoms with van der Waals surface area (Å²) < 4.78 is 17.4. The smallest absolute Gasteiger partial charge is 0.408 e. The zero-order chi connectivity index (χ0) is 23.0. The monoisotopic (exact) mass is 433 g/mol. The number of esters is 1. The fourth-order valence-corrected chi connectivity index (χ4v) is 3.87. The molecule has 1 aromatic carbocycles. The standard InChI is InChI=1S/C25H39NO5/c1-17(2)16-29-22-18(3)30-23(27)21(26-24(28)31-25(4,5)6)14-10-13-20(22)15-19-11-8-7-9-12-19/h7-9,11-12,17-18,20-22H,10,13-16H2,1-6H3,(H,26,28)/t18-,20+,21-,22-/m0/s1. The molecule has 1 heterocycles. The van der Waals surface area contributed by atoms with Crippen LogP contribution in [0.15, 0.2) is 30.3 Å². The number of rotatable bonds is 6. The number of alkyl carbamates (subject to hydrolysis) is 1. The number of ether oxygens (including phenoxy) is 3. The van der Waals surface area contributed by atoms with Gasteiger partial charge in [-0.3, -0.25) is 0 Å². The van der Waals surface area contributed by atoms with Crippen molar-refractivity contribution in [3.05, 3.63) is 35.9 Å². The van der Waals surface area contributed by atoms with E-state index in [-0.39, 0.29) is 12.0 Å². The quantitative estimate of drug-likeness (QED) is 0.646. The number of nitrogens with one attached hydrogen (secondary N) is 1. The van der Waals surface area contributed by atoms with Gasteiger partial charge in [0.25, 0.3) is 0 Å². The topological polar surface area (TPSA) is 73.9 Å². The SMILES string of the molecule is CC(C)CO[C@@H]1[C@@H](Cc2ccccc2)CCC[C@H](NC(=O)OC(C)(C)C)C(=O)O[C@H]1C. The fourth-order valence-electron chi connectivity index (χ4n) is 3.87. The molecular weight excluding hydrogens is 394 g/mol. The summed E-state index contributed by atoms with van der Waals surface area (Å²) in [6.07, 6.45) is 1.80. The van der Waals surface area contributed by atoms with E-state index in [1.807, 2.05) is 25.1 Å². The highest BCUT2D eigenvalue weighted by molar-refractivity contribution is 5.81. The number of amides is 1. The molecule has 2 rings (SSSR count). The molecular formula is C25H39NO5. The highest BCUT2D eigenvalue weighted by Crippen LogP contribution is 2.28. The predicted molar refractivity (Wildman–Crippen MR) is 121 cm³/mol. The minimum absolute atomic E-state index is 0.202. The summed E-state index contributed by atoms with van der Waals surface area (Å²) in [6.45, 7) is 12.1. The van der Waals surface area contributed by atoms with Crippen LogP contribution in [0.4, 0.5) is 4.79 Å². The Balaban J connectivity index is 2.15. The summed E-state index contributed by atoms with van der Waals surface area (Å²) in [5.41, 5.74) is 0.614. The van der Waals surface area contributed by atoms with Crippen LogP contribution in [0.5, 0.6) is 0 Å². The van der Waals surface area contributed by atoms with Crippen LogP contribution in [0.1, 0.15) is 66.4 Å². The van der Waals surface area contributed by atoms with E-state index in [0.29, 0.717) is 18.9 Å². The summed E-state index contributed by atoms with van der Waals surface area (Å²) in [7, 11) is 0. The zero-order valence-electron chi connectivity index (χ0n) is 19.9. The number of cyclic esters (lactones) is 1. The lowest BCUT2D eigenvalue weighted by atomic mass is 9.86. The van der Waals surface area contributed by atoms with Crippen molar-refractivity contribution in [1.29, 1.82) is 0 Å². The normalized spacial score (nSPS) is 25.2. The second-order valence-electron chi connectivity index (χ2n) is 9.91. The maximum absolute atomic E-state index is 12.8. The lowest BCUT2D eigenvalue weighted by Gasteiger charge is -2.32. The molecule has 6 nitrogen and oxygen atoms in total. The average molecular weight is 434 g/mol. The van der Waals surface area contributed by atoms with Crippen LogP contribution in [-0.4, -0.2) is 42.5 Å². The Labute approximate surface area is 187 Å². The van der Waals surface area contributed by atoms with Crippen molar-refractivity contribution in [3.8, 4) is 0 Å². The number of carbonyl (C=O) groups excluding carboxylic acids is 2. The maximum Gasteiger partial charge on any atom is 0.408 e. The minimum atomic E-state index is -0.724. The molecule has 0 saturated carbocycles. The lowest BCUT2D eigenvalue weighted by molar-refractivity contribution is -0.161. The predicted octanol–water partition coefficient (Wildman–Crippen LogP) is 4.90. The zero-order valence-corrected chi connectivity index (χ0v) is 19.9. The van der Waals surface area contributed by atoms with Crippen LogP contribution in [-0.2, 0) is 25.4 Å². The van der Waals surface area contributed by atoms with Gasteiger partial charge in [-0.15, -0.1) is 0 Å². The van der Waals surface area contributed by atoms with Crippen molar-refractivity contribution in [3.63, 3.8) is 0 Å². The third-order valence-corrected chi connectivity index (χ3v) is 5.24. The van der Waals surface area contributed by atoms with Crippen molar-refractivity contribution in [2.24, 2.45) is 11.8 Å². The number of benzene rings is 1. The highest BCUT2D eigenvalue weighted by atomic mass is 16.6. The second kappa shape index (κ2) is 11.5. The third kappa shape index (κ3) is 8.90. The van der Waals surface area contributed by atoms with E-state index in [4.69, 9.17) is 14.2 Å². The van der Waals surface area contributed by atoms with Gasteiger partial charge >= 0.3 is 12.1 Å². The first-order valence-corrected chi connectivity index (χ1v) is 11.4. The molecule has 1 fully saturated rings. The largest absolute Gasteiger partial charge is 0.458 e. The Morgan fingerprint density at radius 2 is 1.87 bits per heavy atom. The minimum Gasteiger partial charge on any atom is -0.458 e. The first-order valence-electron chi connectivity index (χ1n) is 11.4. The van der Waals surface area contributed by atoms with Crippen LogP contribution < -0.4 is 5.32 Å². The Kier molecular flexibility index (Phi) is 9.35. The van der Waals surface area contributed by atoms with E-state index in [1.54, 1.807) is 20.8 Å². The van der Waals surface area contributed by atoms with Gasteiger partial charge in [-0.2, -0.15) is 0 Å². The summed E-state index contributed by atoms with van der Waals surface area (Å²) in [6, 6.07) is 9.61. The first-order chi connectivity index (χ1) is 14.5. The molecule has 0 radical (unpaired) electrons. The molecule has 1 aliphatic rings. The van der Waals surface area contributed by atoms with E-state index < -0.39 is 29.8 Å². The first kappa shape index (κ1) is 25.2. The van der Waals surface area contributed by atoms with Gasteiger partial charge in [-0.05, 0) is 64.4 Å². The van der Waals surface area contributed by atoms with Gasteiger partial charge in [0.2, 0.25) is 0 Å². The second-order valence-corrected chi connectivity index (χ2v) is 9.91. The van der Waals surface area contributed by atoms with E-state index in [0.717, 1.165) is 19.3 Å². The third-order valence-electron chi connectivity index (χ3n) is 5.24. The van der Waals surface area contributed by atoms with Gasteiger partial charge in [0.1, 0.15) is 17.7 Å². The van der Waals surface area contributed by atoms with Crippen LogP contribution >= 0.6 is 0 Å². The van der Waals surface area contributed by atoms with Crippen LogP contribution in [0.3, 0.4) is 0 Å². The highest BCUT2D eigenvalue weighted by Gasteiger charge is 2.35. The molecule has 4 atom stereocenters. The lowest BCUT2D eigenvalue weighted by Crippen LogP contribution is -2.46. The molecule has 0 aliphatic carbocycles.